The molecule has 0 saturated heterocycles. The van der Waals surface area contributed by atoms with Crippen LogP contribution in [0.5, 0.6) is 5.75 Å². The van der Waals surface area contributed by atoms with E-state index in [-0.39, 0.29) is 5.54 Å². The number of phenols is 1. The maximum atomic E-state index is 9.26. The van der Waals surface area contributed by atoms with E-state index in [1.165, 1.54) is 5.56 Å². The standard InChI is InChI=1S/C14H24N2O/c1-4-14(5-2,11-15)16(3)10-12-6-8-13(17)9-7-12/h6-9,17H,4-5,10-11,15H2,1-3H3. The summed E-state index contributed by atoms with van der Waals surface area (Å²) >= 11 is 0. The first-order valence-electron chi connectivity index (χ1n) is 6.27. The van der Waals surface area contributed by atoms with Crippen molar-refractivity contribution in [3.05, 3.63) is 29.8 Å². The molecule has 0 aromatic heterocycles. The van der Waals surface area contributed by atoms with E-state index in [1.54, 1.807) is 12.1 Å². The summed E-state index contributed by atoms with van der Waals surface area (Å²) in [6.07, 6.45) is 2.10. The minimum Gasteiger partial charge on any atom is -0.508 e. The number of benzene rings is 1. The van der Waals surface area contributed by atoms with E-state index in [1.807, 2.05) is 12.1 Å². The molecule has 0 amide bonds. The predicted molar refractivity (Wildman–Crippen MR) is 71.9 cm³/mol. The highest BCUT2D eigenvalue weighted by Crippen LogP contribution is 2.23. The largest absolute Gasteiger partial charge is 0.508 e. The van der Waals surface area contributed by atoms with Gasteiger partial charge in [-0.1, -0.05) is 26.0 Å². The van der Waals surface area contributed by atoms with Gasteiger partial charge in [0.05, 0.1) is 0 Å². The highest BCUT2D eigenvalue weighted by Gasteiger charge is 2.29. The van der Waals surface area contributed by atoms with Gasteiger partial charge in [0.25, 0.3) is 0 Å². The molecule has 0 aliphatic carbocycles. The molecule has 0 heterocycles. The molecule has 0 aliphatic rings. The summed E-state index contributed by atoms with van der Waals surface area (Å²) in [6.45, 7) is 5.90. The lowest BCUT2D eigenvalue weighted by Gasteiger charge is -2.40. The molecule has 1 aromatic carbocycles. The molecule has 0 spiro atoms. The number of hydrogen-bond donors (Lipinski definition) is 2. The van der Waals surface area contributed by atoms with Crippen LogP contribution in [-0.2, 0) is 6.54 Å². The minimum absolute atomic E-state index is 0.0812. The zero-order valence-electron chi connectivity index (χ0n) is 11.1. The Morgan fingerprint density at radius 3 is 2.12 bits per heavy atom. The molecule has 0 fully saturated rings. The summed E-state index contributed by atoms with van der Waals surface area (Å²) < 4.78 is 0. The van der Waals surface area contributed by atoms with E-state index >= 15 is 0 Å². The van der Waals surface area contributed by atoms with Crippen molar-refractivity contribution in [1.82, 2.24) is 4.90 Å². The van der Waals surface area contributed by atoms with Gasteiger partial charge in [-0.15, -0.1) is 0 Å². The van der Waals surface area contributed by atoms with E-state index in [9.17, 15) is 5.11 Å². The molecule has 0 atom stereocenters. The summed E-state index contributed by atoms with van der Waals surface area (Å²) in [5, 5.41) is 9.26. The Kier molecular flexibility index (Phi) is 4.97. The maximum Gasteiger partial charge on any atom is 0.115 e. The van der Waals surface area contributed by atoms with Crippen LogP contribution in [0.1, 0.15) is 32.3 Å². The molecule has 3 N–H and O–H groups in total. The summed E-state index contributed by atoms with van der Waals surface area (Å²) in [7, 11) is 2.12. The SMILES string of the molecule is CCC(CC)(CN)N(C)Cc1ccc(O)cc1. The Morgan fingerprint density at radius 1 is 1.18 bits per heavy atom. The van der Waals surface area contributed by atoms with Gasteiger partial charge >= 0.3 is 0 Å². The van der Waals surface area contributed by atoms with Crippen molar-refractivity contribution in [2.75, 3.05) is 13.6 Å². The van der Waals surface area contributed by atoms with Gasteiger partial charge in [-0.05, 0) is 37.6 Å². The Hall–Kier alpha value is -1.06. The number of aromatic hydroxyl groups is 1. The van der Waals surface area contributed by atoms with Crippen molar-refractivity contribution >= 4 is 0 Å². The van der Waals surface area contributed by atoms with Gasteiger partial charge < -0.3 is 10.8 Å². The van der Waals surface area contributed by atoms with Crippen molar-refractivity contribution < 1.29 is 5.11 Å². The van der Waals surface area contributed by atoms with Crippen LogP contribution >= 0.6 is 0 Å². The molecule has 1 aromatic rings. The van der Waals surface area contributed by atoms with Gasteiger partial charge in [0.15, 0.2) is 0 Å². The average Bonchev–Trinajstić information content (AvgIpc) is 2.35. The minimum atomic E-state index is 0.0812. The molecule has 1 rings (SSSR count). The lowest BCUT2D eigenvalue weighted by Crippen LogP contribution is -2.50. The smallest absolute Gasteiger partial charge is 0.115 e. The first-order chi connectivity index (χ1) is 8.07. The summed E-state index contributed by atoms with van der Waals surface area (Å²) in [6, 6.07) is 7.37. The number of nitrogens with two attached hydrogens (primary N) is 1. The molecule has 96 valence electrons. The Bertz CT molecular complexity index is 322. The molecule has 3 nitrogen and oxygen atoms in total. The van der Waals surface area contributed by atoms with Crippen LogP contribution in [0.25, 0.3) is 0 Å². The normalized spacial score (nSPS) is 12.1. The van der Waals surface area contributed by atoms with Crippen molar-refractivity contribution in [1.29, 1.82) is 0 Å². The molecule has 0 saturated carbocycles. The number of hydrogen-bond acceptors (Lipinski definition) is 3. The van der Waals surface area contributed by atoms with Gasteiger partial charge in [0.1, 0.15) is 5.75 Å². The quantitative estimate of drug-likeness (QED) is 0.797. The highest BCUT2D eigenvalue weighted by atomic mass is 16.3. The third-order valence-corrected chi connectivity index (χ3v) is 3.86. The second-order valence-electron chi connectivity index (χ2n) is 4.66. The van der Waals surface area contributed by atoms with Crippen molar-refractivity contribution in [3.63, 3.8) is 0 Å². The summed E-state index contributed by atoms with van der Waals surface area (Å²) in [5.41, 5.74) is 7.21. The first-order valence-corrected chi connectivity index (χ1v) is 6.27. The third kappa shape index (κ3) is 3.20. The van der Waals surface area contributed by atoms with E-state index < -0.39 is 0 Å². The van der Waals surface area contributed by atoms with Crippen molar-refractivity contribution in [3.8, 4) is 5.75 Å². The third-order valence-electron chi connectivity index (χ3n) is 3.86. The second-order valence-corrected chi connectivity index (χ2v) is 4.66. The molecule has 17 heavy (non-hydrogen) atoms. The van der Waals surface area contributed by atoms with Gasteiger partial charge in [0, 0.05) is 18.6 Å². The Labute approximate surface area is 104 Å². The monoisotopic (exact) mass is 236 g/mol. The maximum absolute atomic E-state index is 9.26. The number of likely N-dealkylation sites (N-methyl/N-ethyl adjacent to an activating group) is 1. The zero-order chi connectivity index (χ0) is 12.9. The van der Waals surface area contributed by atoms with Gasteiger partial charge in [0.2, 0.25) is 0 Å². The van der Waals surface area contributed by atoms with Crippen LogP contribution in [0.15, 0.2) is 24.3 Å². The molecular formula is C14H24N2O. The van der Waals surface area contributed by atoms with Crippen LogP contribution in [0, 0.1) is 0 Å². The van der Waals surface area contributed by atoms with Crippen LogP contribution in [0.3, 0.4) is 0 Å². The fourth-order valence-corrected chi connectivity index (χ4v) is 2.28. The molecular weight excluding hydrogens is 212 g/mol. The van der Waals surface area contributed by atoms with Gasteiger partial charge in [-0.25, -0.2) is 0 Å². The Balaban J connectivity index is 2.76. The summed E-state index contributed by atoms with van der Waals surface area (Å²) in [5.74, 6) is 0.312. The number of phenolic OH excluding ortho intramolecular Hbond substituents is 1. The van der Waals surface area contributed by atoms with Gasteiger partial charge in [-0.3, -0.25) is 4.90 Å². The zero-order valence-corrected chi connectivity index (χ0v) is 11.1. The molecule has 3 heteroatoms. The lowest BCUT2D eigenvalue weighted by molar-refractivity contribution is 0.108. The Morgan fingerprint density at radius 2 is 1.71 bits per heavy atom. The van der Waals surface area contributed by atoms with Gasteiger partial charge in [-0.2, -0.15) is 0 Å². The van der Waals surface area contributed by atoms with Crippen LogP contribution in [-0.4, -0.2) is 29.1 Å². The fraction of sp³-hybridized carbons (Fsp3) is 0.571. The van der Waals surface area contributed by atoms with E-state index in [4.69, 9.17) is 5.73 Å². The molecule has 0 unspecified atom stereocenters. The summed E-state index contributed by atoms with van der Waals surface area (Å²) in [4.78, 5) is 2.32. The van der Waals surface area contributed by atoms with Crippen LogP contribution in [0.4, 0.5) is 0 Å². The topological polar surface area (TPSA) is 49.5 Å². The molecule has 0 bridgehead atoms. The van der Waals surface area contributed by atoms with Crippen molar-refractivity contribution in [2.24, 2.45) is 5.73 Å². The van der Waals surface area contributed by atoms with E-state index in [0.29, 0.717) is 12.3 Å². The average molecular weight is 236 g/mol. The van der Waals surface area contributed by atoms with Crippen LogP contribution in [0.2, 0.25) is 0 Å². The van der Waals surface area contributed by atoms with Crippen LogP contribution < -0.4 is 5.73 Å². The molecule has 0 radical (unpaired) electrons. The van der Waals surface area contributed by atoms with E-state index in [2.05, 4.69) is 25.8 Å². The lowest BCUT2D eigenvalue weighted by atomic mass is 9.90. The first kappa shape index (κ1) is 14.0. The predicted octanol–water partition coefficient (Wildman–Crippen LogP) is 2.34. The fourth-order valence-electron chi connectivity index (χ4n) is 2.28. The van der Waals surface area contributed by atoms with E-state index in [0.717, 1.165) is 19.4 Å². The molecule has 0 aliphatic heterocycles. The number of rotatable bonds is 6. The second kappa shape index (κ2) is 6.03. The van der Waals surface area contributed by atoms with Crippen molar-refractivity contribution in [2.45, 2.75) is 38.8 Å². The highest BCUT2D eigenvalue weighted by molar-refractivity contribution is 5.25. The number of nitrogens with zero attached hydrogens (tertiary/aromatic N) is 1.